The van der Waals surface area contributed by atoms with Crippen molar-refractivity contribution in [2.75, 3.05) is 0 Å². The van der Waals surface area contributed by atoms with Crippen LogP contribution in [0.5, 0.6) is 0 Å². The first kappa shape index (κ1) is 98.6. The van der Waals surface area contributed by atoms with Gasteiger partial charge in [0, 0.05) is 0 Å². The average molecular weight is 1250 g/mol. The van der Waals surface area contributed by atoms with E-state index in [1.165, 1.54) is 318 Å². The summed E-state index contributed by atoms with van der Waals surface area (Å²) >= 11 is 0. The maximum Gasteiger partial charge on any atom is -0.0132 e. The quantitative estimate of drug-likeness (QED) is 0.0480. The fourth-order valence-corrected chi connectivity index (χ4v) is 9.06. The molecule has 2 aromatic rings. The number of aryl methyl sites for hydroxylation is 2. The van der Waals surface area contributed by atoms with E-state index in [4.69, 9.17) is 29.4 Å². The lowest BCUT2D eigenvalue weighted by molar-refractivity contribution is -0.410. The number of unbranched alkanes of at least 4 members (excludes halogenated alkanes) is 41. The summed E-state index contributed by atoms with van der Waals surface area (Å²) in [5.41, 5.74) is 6.05. The maximum atomic E-state index is 8.48. The summed E-state index contributed by atoms with van der Waals surface area (Å²) in [6, 6.07) is 17.5. The van der Waals surface area contributed by atoms with Crippen molar-refractivity contribution in [1.29, 1.82) is 0 Å². The lowest BCUT2D eigenvalue weighted by Gasteiger charge is -2.39. The number of hydrogen-bond donors (Lipinski definition) is 0. The molecule has 0 bridgehead atoms. The molecule has 0 aromatic heterocycles. The highest BCUT2D eigenvalue weighted by Gasteiger charge is 2.13. The van der Waals surface area contributed by atoms with Gasteiger partial charge in [0.2, 0.25) is 0 Å². The Balaban J connectivity index is -0.000000168. The molecule has 6 nitrogen and oxygen atoms in total. The molecule has 0 heterocycles. The predicted molar refractivity (Wildman–Crippen MR) is 383 cm³/mol. The number of hydrogen-bond acceptors (Lipinski definition) is 6. The smallest absolute Gasteiger partial charge is 0.0132 e. The molecule has 0 spiro atoms. The van der Waals surface area contributed by atoms with Crippen LogP contribution in [0.3, 0.4) is 0 Å². The van der Waals surface area contributed by atoms with Crippen molar-refractivity contribution < 1.29 is 29.4 Å². The molecular weight excluding hydrogens is 1090 g/mol. The third kappa shape index (κ3) is 108. The highest BCUT2D eigenvalue weighted by molar-refractivity contribution is 7.33. The molecule has 2 aromatic carbocycles. The molecule has 2 rings (SSSR count). The van der Waals surface area contributed by atoms with Gasteiger partial charge in [0.15, 0.2) is 0 Å². The highest BCUT2D eigenvalue weighted by atomic mass is 31.2. The van der Waals surface area contributed by atoms with Crippen molar-refractivity contribution >= 4 is 17.2 Å². The first-order valence-electron chi connectivity index (χ1n) is 36.8. The summed E-state index contributed by atoms with van der Waals surface area (Å²) in [5, 5.41) is 0. The van der Waals surface area contributed by atoms with E-state index < -0.39 is 17.2 Å². The van der Waals surface area contributed by atoms with E-state index in [1.807, 2.05) is 0 Å². The minimum absolute atomic E-state index is 0.285. The third-order valence-corrected chi connectivity index (χ3v) is 15.2. The van der Waals surface area contributed by atoms with Crippen LogP contribution in [0.25, 0.3) is 0 Å². The molecule has 0 amide bonds. The van der Waals surface area contributed by atoms with Crippen LogP contribution in [0.1, 0.15) is 428 Å². The molecular formula is C78H154O6P2-6. The zero-order valence-electron chi connectivity index (χ0n) is 61.5. The summed E-state index contributed by atoms with van der Waals surface area (Å²) in [4.78, 5) is 50.9. The van der Waals surface area contributed by atoms with Crippen LogP contribution in [0.4, 0.5) is 0 Å². The van der Waals surface area contributed by atoms with Gasteiger partial charge in [0.25, 0.3) is 0 Å². The molecule has 0 saturated heterocycles. The van der Waals surface area contributed by atoms with Gasteiger partial charge in [0.1, 0.15) is 0 Å². The Hall–Kier alpha value is -0.940. The third-order valence-electron chi connectivity index (χ3n) is 15.2. The van der Waals surface area contributed by atoms with E-state index >= 15 is 0 Å². The first-order chi connectivity index (χ1) is 41.0. The summed E-state index contributed by atoms with van der Waals surface area (Å²) in [6.45, 7) is 40.3. The zero-order chi connectivity index (χ0) is 66.6. The summed E-state index contributed by atoms with van der Waals surface area (Å²) in [6.07, 6.45) is 66.4. The Bertz CT molecular complexity index is 1210. The molecule has 0 atom stereocenters. The second-order valence-electron chi connectivity index (χ2n) is 26.4. The van der Waals surface area contributed by atoms with Crippen LogP contribution in [0.15, 0.2) is 48.5 Å². The Kier molecular flexibility index (Phi) is 96.4. The minimum Gasteiger partial charge on any atom is -0.854 e. The van der Waals surface area contributed by atoms with Crippen molar-refractivity contribution in [1.82, 2.24) is 0 Å². The second kappa shape index (κ2) is 84.1. The molecule has 518 valence electrons. The molecule has 0 saturated carbocycles. The van der Waals surface area contributed by atoms with Crippen molar-refractivity contribution in [3.8, 4) is 0 Å². The van der Waals surface area contributed by atoms with E-state index in [0.29, 0.717) is 0 Å². The molecule has 0 N–H and O–H groups in total. The second-order valence-corrected chi connectivity index (χ2v) is 27.3. The van der Waals surface area contributed by atoms with E-state index in [0.717, 1.165) is 0 Å². The molecule has 0 radical (unpaired) electrons. The summed E-state index contributed by atoms with van der Waals surface area (Å²) < 4.78 is 0. The van der Waals surface area contributed by atoms with E-state index in [9.17, 15) is 0 Å². The minimum atomic E-state index is -3.37. The Morgan fingerprint density at radius 2 is 0.314 bits per heavy atom. The molecule has 8 heteroatoms. The summed E-state index contributed by atoms with van der Waals surface area (Å²) in [7, 11) is -6.74. The largest absolute Gasteiger partial charge is 0.854 e. The van der Waals surface area contributed by atoms with Crippen LogP contribution in [0.2, 0.25) is 0 Å². The lowest BCUT2D eigenvalue weighted by Crippen LogP contribution is -2.18. The molecule has 0 fully saturated rings. The van der Waals surface area contributed by atoms with Crippen LogP contribution in [-0.4, -0.2) is 0 Å². The van der Waals surface area contributed by atoms with Gasteiger partial charge in [-0.15, -0.1) is 0 Å². The zero-order valence-corrected chi connectivity index (χ0v) is 63.3. The fraction of sp³-hybridized carbons (Fsp3) is 0.846. The van der Waals surface area contributed by atoms with Crippen molar-refractivity contribution in [3.05, 3.63) is 70.8 Å². The molecule has 86 heavy (non-hydrogen) atoms. The lowest BCUT2D eigenvalue weighted by atomic mass is 9.87. The van der Waals surface area contributed by atoms with Gasteiger partial charge in [-0.2, -0.15) is 0 Å². The molecule has 0 aliphatic heterocycles. The first-order valence-corrected chi connectivity index (χ1v) is 39.0. The normalized spacial score (nSPS) is 10.6. The van der Waals surface area contributed by atoms with Crippen molar-refractivity contribution in [3.63, 3.8) is 0 Å². The molecule has 0 aliphatic carbocycles. The Morgan fingerprint density at radius 1 is 0.209 bits per heavy atom. The average Bonchev–Trinajstić information content (AvgIpc) is 3.26. The van der Waals surface area contributed by atoms with Gasteiger partial charge >= 0.3 is 0 Å². The SMILES string of the molecule is CCCC.CCCCCCCCCCCCC.CCCCCCCCCCCCC.CCCCCCCCCCCCC.CCCCCCCCCCCCC.Cc1ccc(C(C)(C)C)cc1.Cc1ccc(C(C)(C)C)cc1.[O-]P([O-])[O-].[O-]P([O-])[O-]. The topological polar surface area (TPSA) is 138 Å². The molecule has 0 unspecified atom stereocenters. The highest BCUT2D eigenvalue weighted by Crippen LogP contribution is 2.23. The van der Waals surface area contributed by atoms with Crippen molar-refractivity contribution in [2.24, 2.45) is 0 Å². The number of rotatable bonds is 41. The monoisotopic (exact) mass is 1250 g/mol. The maximum absolute atomic E-state index is 8.48. The van der Waals surface area contributed by atoms with Gasteiger partial charge in [-0.05, 0) is 35.8 Å². The van der Waals surface area contributed by atoms with E-state index in [2.05, 4.69) is 173 Å². The van der Waals surface area contributed by atoms with Gasteiger partial charge in [-0.25, -0.2) is 0 Å². The van der Waals surface area contributed by atoms with Crippen LogP contribution >= 0.6 is 17.2 Å². The van der Waals surface area contributed by atoms with E-state index in [1.54, 1.807) is 0 Å². The Labute approximate surface area is 545 Å². The summed E-state index contributed by atoms with van der Waals surface area (Å²) in [5.74, 6) is 0. The number of benzene rings is 2. The van der Waals surface area contributed by atoms with Crippen LogP contribution in [-0.2, 0) is 10.8 Å². The van der Waals surface area contributed by atoms with Gasteiger partial charge in [0.05, 0.1) is 0 Å². The Morgan fingerprint density at radius 3 is 0.395 bits per heavy atom. The van der Waals surface area contributed by atoms with Crippen LogP contribution < -0.4 is 29.4 Å². The fourth-order valence-electron chi connectivity index (χ4n) is 9.06. The molecule has 0 aliphatic rings. The van der Waals surface area contributed by atoms with Crippen molar-refractivity contribution in [2.45, 2.75) is 431 Å². The predicted octanol–water partition coefficient (Wildman–Crippen LogP) is 24.2. The van der Waals surface area contributed by atoms with Gasteiger partial charge in [-0.3, -0.25) is 0 Å². The van der Waals surface area contributed by atoms with Crippen LogP contribution in [0, 0.1) is 13.8 Å². The van der Waals surface area contributed by atoms with Gasteiger partial charge < -0.3 is 46.6 Å². The van der Waals surface area contributed by atoms with Gasteiger partial charge in [-0.1, -0.05) is 466 Å². The standard InChI is InChI=1S/4C13H28.2C11H16.C4H10.2O3P/c4*1-3-5-7-9-11-13-12-10-8-6-4-2;2*1-9-5-7-10(8-6-9)11(2,3)4;1-3-4-2;2*1-4(2)3/h4*3-13H2,1-2H3;2*5-8H,1-4H3;3-4H2,1-2H3;;/q;;;;;;;2*-3. The van der Waals surface area contributed by atoms with E-state index in [-0.39, 0.29) is 10.8 Å².